The van der Waals surface area contributed by atoms with E-state index in [1.165, 1.54) is 0 Å². The molecule has 10 N–H and O–H groups in total. The number of rotatable bonds is 39. The first-order valence-corrected chi connectivity index (χ1v) is 28.7. The Morgan fingerprint density at radius 3 is 1.17 bits per heavy atom. The van der Waals surface area contributed by atoms with Gasteiger partial charge in [-0.25, -0.2) is 0 Å². The van der Waals surface area contributed by atoms with Crippen molar-refractivity contribution < 1.29 is 96.4 Å². The summed E-state index contributed by atoms with van der Waals surface area (Å²) in [5, 5.41) is 39.2. The molecule has 0 saturated heterocycles. The van der Waals surface area contributed by atoms with Crippen molar-refractivity contribution in [2.75, 3.05) is 79.4 Å². The number of hydrogen-bond donors (Lipinski definition) is 10. The number of amides is 12. The zero-order chi connectivity index (χ0) is 66.4. The maximum Gasteiger partial charge on any atom is 0.373 e. The fraction of sp³-hybridized carbons (Fsp3) is 0.690. The highest BCUT2D eigenvalue weighted by atomic mass is 16.5. The minimum atomic E-state index is -2.01. The van der Waals surface area contributed by atoms with Gasteiger partial charge in [-0.3, -0.25) is 67.3 Å². The number of nitrogens with one attached hydrogen (secondary N) is 8. The first kappa shape index (κ1) is 84.3. The molecule has 0 bridgehead atoms. The second kappa shape index (κ2) is 49.1. The van der Waals surface area contributed by atoms with Gasteiger partial charge in [-0.1, -0.05) is 49.0 Å². The van der Waals surface area contributed by atoms with Crippen LogP contribution >= 0.6 is 0 Å². The molecule has 0 fully saturated rings. The summed E-state index contributed by atoms with van der Waals surface area (Å²) < 4.78 is 9.59. The molecular formula is C58H96N10O20. The Hall–Kier alpha value is -7.88. The Kier molecular flexibility index (Phi) is 47.1. The van der Waals surface area contributed by atoms with Gasteiger partial charge in [0, 0.05) is 90.1 Å². The summed E-state index contributed by atoms with van der Waals surface area (Å²) in [5.41, 5.74) is -0.113. The molecule has 2 unspecified atom stereocenters. The van der Waals surface area contributed by atoms with E-state index in [1.807, 2.05) is 48.5 Å². The van der Waals surface area contributed by atoms with Gasteiger partial charge in [0.2, 0.25) is 47.3 Å². The Morgan fingerprint density at radius 1 is 0.511 bits per heavy atom. The maximum absolute atomic E-state index is 14.9. The van der Waals surface area contributed by atoms with E-state index in [9.17, 15) is 57.5 Å². The fourth-order valence-corrected chi connectivity index (χ4v) is 7.90. The largest absolute Gasteiger partial charge is 0.394 e. The number of methoxy groups -OCH3 is 1. The van der Waals surface area contributed by atoms with Crippen LogP contribution in [0.3, 0.4) is 0 Å². The summed E-state index contributed by atoms with van der Waals surface area (Å²) in [6.45, 7) is 14.0. The minimum absolute atomic E-state index is 0. The number of carbonyl (C=O) groups is 12. The van der Waals surface area contributed by atoms with Crippen molar-refractivity contribution in [3.63, 3.8) is 0 Å². The van der Waals surface area contributed by atoms with E-state index >= 15 is 0 Å². The number of unbranched alkanes of at least 4 members (excludes halogenated alkanes) is 2. The second-order valence-corrected chi connectivity index (χ2v) is 22.0. The fourth-order valence-electron chi connectivity index (χ4n) is 7.90. The lowest BCUT2D eigenvalue weighted by Crippen LogP contribution is -2.66. The zero-order valence-electron chi connectivity index (χ0n) is 51.4. The third-order valence-corrected chi connectivity index (χ3v) is 12.4. The highest BCUT2D eigenvalue weighted by Crippen LogP contribution is 2.21. The Balaban J connectivity index is -0.00000610. The Labute approximate surface area is 514 Å². The first-order chi connectivity index (χ1) is 41.1. The Morgan fingerprint density at radius 2 is 0.852 bits per heavy atom. The normalized spacial score (nSPS) is 13.6. The monoisotopic (exact) mass is 1250 g/mol. The molecular weight excluding hydrogens is 1160 g/mol. The predicted octanol–water partition coefficient (Wildman–Crippen LogP) is -1.08. The molecule has 30 heteroatoms. The molecule has 4 atom stereocenters. The van der Waals surface area contributed by atoms with E-state index in [0.717, 1.165) is 53.6 Å². The lowest BCUT2D eigenvalue weighted by molar-refractivity contribution is -0.193. The van der Waals surface area contributed by atoms with E-state index in [-0.39, 0.29) is 128 Å². The lowest BCUT2D eigenvalue weighted by Gasteiger charge is -2.30. The predicted molar refractivity (Wildman–Crippen MR) is 314 cm³/mol. The molecule has 0 spiro atoms. The number of nitrogens with zero attached hydrogens (tertiary/aromatic N) is 2. The molecule has 0 saturated carbocycles. The molecule has 12 amide bonds. The molecule has 30 nitrogen and oxygen atoms in total. The van der Waals surface area contributed by atoms with Crippen LogP contribution in [0.2, 0.25) is 0 Å². The van der Waals surface area contributed by atoms with Crippen molar-refractivity contribution >= 4 is 83.2 Å². The van der Waals surface area contributed by atoms with E-state index < -0.39 is 115 Å². The molecule has 2 heterocycles. The van der Waals surface area contributed by atoms with E-state index in [0.29, 0.717) is 25.7 Å². The highest BCUT2D eigenvalue weighted by molar-refractivity contribution is 6.13. The molecule has 88 heavy (non-hydrogen) atoms. The highest BCUT2D eigenvalue weighted by Gasteiger charge is 2.40. The summed E-state index contributed by atoms with van der Waals surface area (Å²) in [6, 6.07) is -6.62. The number of hydrogen-bond acceptors (Lipinski definition) is 20. The van der Waals surface area contributed by atoms with E-state index in [2.05, 4.69) is 47.3 Å². The minimum Gasteiger partial charge on any atom is -0.394 e. The van der Waals surface area contributed by atoms with E-state index in [4.69, 9.17) is 34.1 Å². The molecule has 2 aliphatic heterocycles. The maximum atomic E-state index is 14.9. The van der Waals surface area contributed by atoms with Crippen molar-refractivity contribution in [2.24, 2.45) is 10.8 Å². The zero-order valence-corrected chi connectivity index (χ0v) is 51.4. The standard InChI is InChI=1S/C52H84N10O15.C3H8O.2CO2.CH4/c1-51(2,3)23-13-27-55-47(73)35(15-7-9-25-53-39(67)33-64)57-49(75)45(59-37(65)17-11-29-61-41(69)19-20-42(61)70)46(60-38(66)18-12-30-62-43(71)21-22-44(62)72)50(76)58-36(48(74)56-28-14-24-52(4,5)6)16-8-10-26-54-40(68)34-77-32-31-63;1-3-4-2;2*2-1-3;/h19-22,35-36,45-46,63-64H,7-18,23-34H2,1-6H3,(H,53,67)(H,54,68)(H,55,73)(H,56,74)(H,57,75)(H,58,76)(H,59,65)(H,60,66);3H2,1-2H3;;;1H4/t35-,36-,45?,46?;;;;/m0..../s1. The number of carbonyl (C=O) groups excluding carboxylic acids is 16. The lowest BCUT2D eigenvalue weighted by atomic mass is 9.90. The van der Waals surface area contributed by atoms with Crippen LogP contribution in [-0.4, -0.2) is 207 Å². The summed E-state index contributed by atoms with van der Waals surface area (Å²) in [6.07, 6.45) is 7.55. The summed E-state index contributed by atoms with van der Waals surface area (Å²) in [4.78, 5) is 193. The molecule has 2 rings (SSSR count). The molecule has 0 aromatic carbocycles. The second-order valence-electron chi connectivity index (χ2n) is 22.0. The first-order valence-electron chi connectivity index (χ1n) is 28.7. The van der Waals surface area contributed by atoms with Gasteiger partial charge in [-0.2, -0.15) is 19.2 Å². The molecule has 0 aromatic heterocycles. The van der Waals surface area contributed by atoms with Crippen LogP contribution in [0.1, 0.15) is 146 Å². The molecule has 0 aromatic rings. The molecule has 2 aliphatic rings. The van der Waals surface area contributed by atoms with Gasteiger partial charge in [-0.05, 0) is 94.8 Å². The van der Waals surface area contributed by atoms with Crippen molar-refractivity contribution in [3.05, 3.63) is 24.3 Å². The van der Waals surface area contributed by atoms with Crippen molar-refractivity contribution in [1.29, 1.82) is 0 Å². The average Bonchev–Trinajstić information content (AvgIpc) is 4.01. The van der Waals surface area contributed by atoms with Crippen LogP contribution in [0, 0.1) is 10.8 Å². The smallest absolute Gasteiger partial charge is 0.373 e. The topological polar surface area (TPSA) is 435 Å². The third kappa shape index (κ3) is 41.3. The van der Waals surface area contributed by atoms with Gasteiger partial charge in [0.1, 0.15) is 37.4 Å². The molecule has 0 radical (unpaired) electrons. The van der Waals surface area contributed by atoms with Gasteiger partial charge in [0.25, 0.3) is 23.6 Å². The van der Waals surface area contributed by atoms with Gasteiger partial charge in [0.05, 0.1) is 13.2 Å². The van der Waals surface area contributed by atoms with Crippen LogP contribution < -0.4 is 42.5 Å². The van der Waals surface area contributed by atoms with Gasteiger partial charge >= 0.3 is 12.3 Å². The van der Waals surface area contributed by atoms with Crippen molar-refractivity contribution in [1.82, 2.24) is 52.3 Å². The summed E-state index contributed by atoms with van der Waals surface area (Å²) in [5.74, 6) is -8.65. The number of aliphatic hydroxyl groups excluding tert-OH is 2. The third-order valence-electron chi connectivity index (χ3n) is 12.4. The van der Waals surface area contributed by atoms with Gasteiger partial charge < -0.3 is 62.2 Å². The van der Waals surface area contributed by atoms with Crippen LogP contribution in [0.4, 0.5) is 0 Å². The Bertz CT molecular complexity index is 2290. The van der Waals surface area contributed by atoms with Crippen LogP contribution in [0.25, 0.3) is 0 Å². The van der Waals surface area contributed by atoms with Crippen molar-refractivity contribution in [2.45, 2.75) is 170 Å². The number of aliphatic hydroxyl groups is 2. The molecule has 498 valence electrons. The number of ether oxygens (including phenoxy) is 2. The van der Waals surface area contributed by atoms with Crippen LogP contribution in [-0.2, 0) is 86.2 Å². The van der Waals surface area contributed by atoms with E-state index in [1.54, 1.807) is 7.11 Å². The van der Waals surface area contributed by atoms with Crippen LogP contribution in [0.5, 0.6) is 0 Å². The van der Waals surface area contributed by atoms with Crippen LogP contribution in [0.15, 0.2) is 24.3 Å². The van der Waals surface area contributed by atoms with Gasteiger partial charge in [0.15, 0.2) is 0 Å². The molecule has 0 aliphatic carbocycles. The SMILES string of the molecule is C.CC(C)(C)CCCNC(=O)[C@H](CCCCNC(=O)CO)NC(=O)C(NC(=O)CCCN1C(=O)C=CC1=O)C(NC(=O)CCCN1C(=O)C=CC1=O)C(=O)N[C@@H](CCCCNC(=O)COCCO)C(=O)NCCCC(C)(C)C.CCOC.O=C=O.O=C=O. The van der Waals surface area contributed by atoms with Crippen molar-refractivity contribution in [3.8, 4) is 0 Å². The number of imide groups is 2. The summed E-state index contributed by atoms with van der Waals surface area (Å²) in [7, 11) is 1.68. The quantitative estimate of drug-likeness (QED) is 0.0258. The average molecular weight is 1250 g/mol. The van der Waals surface area contributed by atoms with Gasteiger partial charge in [-0.15, -0.1) is 0 Å². The summed E-state index contributed by atoms with van der Waals surface area (Å²) >= 11 is 0.